The van der Waals surface area contributed by atoms with Crippen LogP contribution in [0.3, 0.4) is 0 Å². The van der Waals surface area contributed by atoms with Crippen LogP contribution in [0.2, 0.25) is 0 Å². The standard InChI is InChI=1S/C11H21F3N2O/c1-8(2)5-10(6-15,9(3,4)17-8)16-7-11(12,13)14/h16H,5-7,15H2,1-4H3. The molecule has 1 rings (SSSR count). The van der Waals surface area contributed by atoms with Gasteiger partial charge < -0.3 is 10.5 Å². The van der Waals surface area contributed by atoms with Gasteiger partial charge in [0.1, 0.15) is 0 Å². The molecular weight excluding hydrogens is 233 g/mol. The predicted molar refractivity (Wildman–Crippen MR) is 59.7 cm³/mol. The molecule has 0 spiro atoms. The number of nitrogens with one attached hydrogen (secondary N) is 1. The highest BCUT2D eigenvalue weighted by Crippen LogP contribution is 2.44. The Kier molecular flexibility index (Phi) is 3.55. The fourth-order valence-corrected chi connectivity index (χ4v) is 2.70. The van der Waals surface area contributed by atoms with Crippen molar-refractivity contribution in [2.45, 2.75) is 57.0 Å². The lowest BCUT2D eigenvalue weighted by Gasteiger charge is -2.40. The maximum absolute atomic E-state index is 12.3. The van der Waals surface area contributed by atoms with E-state index in [1.54, 1.807) is 13.8 Å². The minimum absolute atomic E-state index is 0.111. The fourth-order valence-electron chi connectivity index (χ4n) is 2.70. The number of rotatable bonds is 3. The first kappa shape index (κ1) is 14.7. The highest BCUT2D eigenvalue weighted by molar-refractivity contribution is 5.12. The maximum atomic E-state index is 12.3. The molecule has 1 heterocycles. The molecule has 0 aromatic carbocycles. The van der Waals surface area contributed by atoms with Crippen molar-refractivity contribution in [2.75, 3.05) is 13.1 Å². The van der Waals surface area contributed by atoms with Crippen LogP contribution in [0.1, 0.15) is 34.1 Å². The van der Waals surface area contributed by atoms with Crippen molar-refractivity contribution in [1.29, 1.82) is 0 Å². The zero-order chi connectivity index (χ0) is 13.5. The van der Waals surface area contributed by atoms with Gasteiger partial charge in [0.05, 0.1) is 23.3 Å². The van der Waals surface area contributed by atoms with Gasteiger partial charge in [-0.1, -0.05) is 0 Å². The van der Waals surface area contributed by atoms with Crippen molar-refractivity contribution in [3.05, 3.63) is 0 Å². The number of hydrogen-bond donors (Lipinski definition) is 2. The number of nitrogens with two attached hydrogens (primary N) is 1. The molecule has 6 heteroatoms. The summed E-state index contributed by atoms with van der Waals surface area (Å²) in [5.41, 5.74) is 3.65. The zero-order valence-electron chi connectivity index (χ0n) is 10.7. The summed E-state index contributed by atoms with van der Waals surface area (Å²) in [5, 5.41) is 2.56. The average Bonchev–Trinajstić information content (AvgIpc) is 2.26. The molecule has 1 saturated heterocycles. The van der Waals surface area contributed by atoms with Crippen molar-refractivity contribution in [2.24, 2.45) is 5.73 Å². The molecule has 1 unspecified atom stereocenters. The van der Waals surface area contributed by atoms with E-state index >= 15 is 0 Å². The molecule has 3 nitrogen and oxygen atoms in total. The Balaban J connectivity index is 2.88. The van der Waals surface area contributed by atoms with Crippen molar-refractivity contribution in [3.63, 3.8) is 0 Å². The number of halogens is 3. The summed E-state index contributed by atoms with van der Waals surface area (Å²) in [5.74, 6) is 0. The first-order valence-corrected chi connectivity index (χ1v) is 5.65. The van der Waals surface area contributed by atoms with E-state index in [4.69, 9.17) is 10.5 Å². The molecule has 1 fully saturated rings. The quantitative estimate of drug-likeness (QED) is 0.807. The monoisotopic (exact) mass is 254 g/mol. The van der Waals surface area contributed by atoms with Gasteiger partial charge in [-0.2, -0.15) is 13.2 Å². The minimum Gasteiger partial charge on any atom is -0.368 e. The van der Waals surface area contributed by atoms with E-state index in [2.05, 4.69) is 5.32 Å². The topological polar surface area (TPSA) is 47.3 Å². The molecule has 1 aliphatic heterocycles. The van der Waals surface area contributed by atoms with Crippen LogP contribution in [0.4, 0.5) is 13.2 Å². The third-order valence-corrected chi connectivity index (χ3v) is 3.39. The second kappa shape index (κ2) is 4.10. The van der Waals surface area contributed by atoms with E-state index in [0.29, 0.717) is 6.42 Å². The van der Waals surface area contributed by atoms with Gasteiger partial charge in [0.15, 0.2) is 0 Å². The Labute approximate surface area is 99.9 Å². The Morgan fingerprint density at radius 2 is 1.76 bits per heavy atom. The molecule has 0 amide bonds. The fraction of sp³-hybridized carbons (Fsp3) is 1.00. The molecule has 0 aromatic heterocycles. The number of ether oxygens (including phenoxy) is 1. The summed E-state index contributed by atoms with van der Waals surface area (Å²) >= 11 is 0. The van der Waals surface area contributed by atoms with Crippen LogP contribution >= 0.6 is 0 Å². The highest BCUT2D eigenvalue weighted by Gasteiger charge is 2.57. The van der Waals surface area contributed by atoms with E-state index in [1.807, 2.05) is 13.8 Å². The molecule has 3 N–H and O–H groups in total. The Hall–Kier alpha value is -0.330. The van der Waals surface area contributed by atoms with E-state index in [1.165, 1.54) is 0 Å². The molecule has 0 aliphatic carbocycles. The summed E-state index contributed by atoms with van der Waals surface area (Å²) in [6.07, 6.45) is -3.79. The third-order valence-electron chi connectivity index (χ3n) is 3.39. The van der Waals surface area contributed by atoms with E-state index < -0.39 is 29.5 Å². The van der Waals surface area contributed by atoms with Crippen LogP contribution in [-0.4, -0.2) is 36.0 Å². The van der Waals surface area contributed by atoms with Crippen LogP contribution in [-0.2, 0) is 4.74 Å². The SMILES string of the molecule is CC1(C)CC(CN)(NCC(F)(F)F)C(C)(C)O1. The second-order valence-electron chi connectivity index (χ2n) is 5.80. The smallest absolute Gasteiger partial charge is 0.368 e. The molecule has 0 saturated carbocycles. The van der Waals surface area contributed by atoms with Crippen molar-refractivity contribution in [3.8, 4) is 0 Å². The largest absolute Gasteiger partial charge is 0.401 e. The minimum atomic E-state index is -4.25. The van der Waals surface area contributed by atoms with Gasteiger partial charge in [0.25, 0.3) is 0 Å². The number of alkyl halides is 3. The normalized spacial score (nSPS) is 31.8. The van der Waals surface area contributed by atoms with Gasteiger partial charge in [-0.25, -0.2) is 0 Å². The van der Waals surface area contributed by atoms with Gasteiger partial charge >= 0.3 is 6.18 Å². The van der Waals surface area contributed by atoms with Crippen LogP contribution in [0.5, 0.6) is 0 Å². The van der Waals surface area contributed by atoms with Crippen molar-refractivity contribution >= 4 is 0 Å². The van der Waals surface area contributed by atoms with Crippen LogP contribution in [0.15, 0.2) is 0 Å². The Morgan fingerprint density at radius 1 is 1.24 bits per heavy atom. The van der Waals surface area contributed by atoms with Gasteiger partial charge in [0, 0.05) is 6.54 Å². The van der Waals surface area contributed by atoms with E-state index in [0.717, 1.165) is 0 Å². The average molecular weight is 254 g/mol. The van der Waals surface area contributed by atoms with Gasteiger partial charge in [-0.15, -0.1) is 0 Å². The molecule has 1 atom stereocenters. The molecule has 102 valence electrons. The van der Waals surface area contributed by atoms with Crippen molar-refractivity contribution in [1.82, 2.24) is 5.32 Å². The van der Waals surface area contributed by atoms with E-state index in [-0.39, 0.29) is 6.54 Å². The highest BCUT2D eigenvalue weighted by atomic mass is 19.4. The van der Waals surface area contributed by atoms with Gasteiger partial charge in [-0.3, -0.25) is 5.32 Å². The summed E-state index contributed by atoms with van der Waals surface area (Å²) in [6.45, 7) is 6.34. The molecule has 17 heavy (non-hydrogen) atoms. The first-order valence-electron chi connectivity index (χ1n) is 5.65. The van der Waals surface area contributed by atoms with Crippen LogP contribution in [0.25, 0.3) is 0 Å². The predicted octanol–water partition coefficient (Wildman–Crippen LogP) is 1.81. The zero-order valence-corrected chi connectivity index (χ0v) is 10.7. The van der Waals surface area contributed by atoms with Crippen LogP contribution < -0.4 is 11.1 Å². The summed E-state index contributed by atoms with van der Waals surface area (Å²) in [7, 11) is 0. The summed E-state index contributed by atoms with van der Waals surface area (Å²) < 4.78 is 42.7. The Morgan fingerprint density at radius 3 is 2.06 bits per heavy atom. The second-order valence-corrected chi connectivity index (χ2v) is 5.80. The van der Waals surface area contributed by atoms with Crippen LogP contribution in [0, 0.1) is 0 Å². The third kappa shape index (κ3) is 3.11. The maximum Gasteiger partial charge on any atom is 0.401 e. The number of hydrogen-bond acceptors (Lipinski definition) is 3. The summed E-state index contributed by atoms with van der Waals surface area (Å²) in [4.78, 5) is 0. The molecule has 0 bridgehead atoms. The summed E-state index contributed by atoms with van der Waals surface area (Å²) in [6, 6.07) is 0. The van der Waals surface area contributed by atoms with Gasteiger partial charge in [-0.05, 0) is 34.1 Å². The Bertz CT molecular complexity index is 289. The molecule has 1 aliphatic rings. The van der Waals surface area contributed by atoms with Crippen molar-refractivity contribution < 1.29 is 17.9 Å². The lowest BCUT2D eigenvalue weighted by Crippen LogP contribution is -2.63. The van der Waals surface area contributed by atoms with Gasteiger partial charge in [0.2, 0.25) is 0 Å². The molecule has 0 radical (unpaired) electrons. The molecular formula is C11H21F3N2O. The lowest BCUT2D eigenvalue weighted by atomic mass is 9.79. The molecule has 0 aromatic rings. The van der Waals surface area contributed by atoms with E-state index in [9.17, 15) is 13.2 Å². The lowest BCUT2D eigenvalue weighted by molar-refractivity contribution is -0.134. The first-order chi connectivity index (χ1) is 7.43.